The Morgan fingerprint density at radius 1 is 1.75 bits per heavy atom. The van der Waals surface area contributed by atoms with E-state index in [2.05, 4.69) is 0 Å². The number of aliphatic hydroxyl groups excluding tert-OH is 1. The first-order chi connectivity index (χ1) is 3.81. The average Bonchev–Trinajstić information content (AvgIpc) is 1.68. The fourth-order valence-corrected chi connectivity index (χ4v) is 0.341. The van der Waals surface area contributed by atoms with E-state index in [0.717, 1.165) is 6.21 Å². The third kappa shape index (κ3) is 3.49. The molecule has 0 fully saturated rings. The molecule has 0 saturated carbocycles. The van der Waals surface area contributed by atoms with Gasteiger partial charge >= 0.3 is 0 Å². The fraction of sp³-hybridized carbons (Fsp3) is 0.600. The van der Waals surface area contributed by atoms with Gasteiger partial charge < -0.3 is 10.5 Å². The maximum atomic E-state index is 10.3. The standard InChI is InChI=1S/C5H9NO2/c6-3-1-5(8)2-4-7/h3,6-7H,1-2,4H2. The van der Waals surface area contributed by atoms with E-state index < -0.39 is 0 Å². The summed E-state index contributed by atoms with van der Waals surface area (Å²) in [6.45, 7) is -0.104. The second kappa shape index (κ2) is 4.46. The third-order valence-corrected chi connectivity index (χ3v) is 0.720. The highest BCUT2D eigenvalue weighted by Gasteiger charge is 1.94. The number of Topliss-reactive ketones (excluding diaryl/α,β-unsaturated/α-hetero) is 1. The van der Waals surface area contributed by atoms with E-state index in [4.69, 9.17) is 10.5 Å². The summed E-state index contributed by atoms with van der Waals surface area (Å²) in [6, 6.07) is 0. The molecular weight excluding hydrogens is 106 g/mol. The summed E-state index contributed by atoms with van der Waals surface area (Å²) in [5.74, 6) is -0.0810. The highest BCUT2D eigenvalue weighted by Crippen LogP contribution is 1.83. The molecule has 0 radical (unpaired) electrons. The van der Waals surface area contributed by atoms with Crippen molar-refractivity contribution in [2.24, 2.45) is 0 Å². The van der Waals surface area contributed by atoms with Crippen molar-refractivity contribution >= 4 is 12.0 Å². The second-order valence-electron chi connectivity index (χ2n) is 1.42. The van der Waals surface area contributed by atoms with Crippen LogP contribution in [0.15, 0.2) is 0 Å². The Hall–Kier alpha value is -0.700. The van der Waals surface area contributed by atoms with Crippen LogP contribution < -0.4 is 0 Å². The van der Waals surface area contributed by atoms with Crippen molar-refractivity contribution in [1.29, 1.82) is 5.41 Å². The molecule has 0 bridgehead atoms. The molecule has 0 aliphatic carbocycles. The molecule has 0 saturated heterocycles. The van der Waals surface area contributed by atoms with E-state index in [1.807, 2.05) is 0 Å². The van der Waals surface area contributed by atoms with Gasteiger partial charge in [-0.2, -0.15) is 0 Å². The zero-order valence-electron chi connectivity index (χ0n) is 4.55. The van der Waals surface area contributed by atoms with Gasteiger partial charge in [-0.1, -0.05) is 0 Å². The van der Waals surface area contributed by atoms with Gasteiger partial charge in [-0.15, -0.1) is 0 Å². The van der Waals surface area contributed by atoms with Crippen molar-refractivity contribution in [1.82, 2.24) is 0 Å². The molecule has 0 aromatic heterocycles. The first kappa shape index (κ1) is 7.30. The van der Waals surface area contributed by atoms with Gasteiger partial charge in [0.2, 0.25) is 0 Å². The van der Waals surface area contributed by atoms with Gasteiger partial charge in [0.15, 0.2) is 0 Å². The van der Waals surface area contributed by atoms with Crippen LogP contribution in [0.5, 0.6) is 0 Å². The minimum absolute atomic E-state index is 0.0810. The Morgan fingerprint density at radius 2 is 2.38 bits per heavy atom. The highest BCUT2D eigenvalue weighted by molar-refractivity contribution is 5.90. The fourth-order valence-electron chi connectivity index (χ4n) is 0.341. The van der Waals surface area contributed by atoms with E-state index in [1.165, 1.54) is 0 Å². The molecule has 2 N–H and O–H groups in total. The molecule has 0 atom stereocenters. The van der Waals surface area contributed by atoms with Gasteiger partial charge in [0, 0.05) is 25.7 Å². The van der Waals surface area contributed by atoms with Crippen molar-refractivity contribution in [3.8, 4) is 0 Å². The van der Waals surface area contributed by atoms with Crippen LogP contribution in [0.3, 0.4) is 0 Å². The topological polar surface area (TPSA) is 61.2 Å². The van der Waals surface area contributed by atoms with Crippen molar-refractivity contribution in [2.45, 2.75) is 12.8 Å². The molecule has 0 heterocycles. The molecule has 0 aliphatic heterocycles. The lowest BCUT2D eigenvalue weighted by molar-refractivity contribution is -0.118. The number of carbonyl (C=O) groups excluding carboxylic acids is 1. The number of nitrogens with one attached hydrogen (secondary N) is 1. The minimum atomic E-state index is -0.104. The number of carbonyl (C=O) groups is 1. The van der Waals surface area contributed by atoms with Gasteiger partial charge in [-0.3, -0.25) is 4.79 Å². The van der Waals surface area contributed by atoms with Gasteiger partial charge in [0.05, 0.1) is 0 Å². The third-order valence-electron chi connectivity index (χ3n) is 0.720. The van der Waals surface area contributed by atoms with Crippen molar-refractivity contribution < 1.29 is 9.90 Å². The van der Waals surface area contributed by atoms with E-state index in [0.29, 0.717) is 0 Å². The zero-order valence-corrected chi connectivity index (χ0v) is 4.55. The van der Waals surface area contributed by atoms with E-state index in [9.17, 15) is 4.79 Å². The normalized spacial score (nSPS) is 8.62. The lowest BCUT2D eigenvalue weighted by atomic mass is 10.2. The first-order valence-electron chi connectivity index (χ1n) is 2.42. The molecule has 0 unspecified atom stereocenters. The second-order valence-corrected chi connectivity index (χ2v) is 1.42. The molecular formula is C5H9NO2. The monoisotopic (exact) mass is 115 g/mol. The Morgan fingerprint density at radius 3 is 2.75 bits per heavy atom. The van der Waals surface area contributed by atoms with Gasteiger partial charge in [0.1, 0.15) is 5.78 Å². The van der Waals surface area contributed by atoms with Crippen LogP contribution in [0.2, 0.25) is 0 Å². The molecule has 0 rings (SSSR count). The molecule has 0 aliphatic rings. The number of rotatable bonds is 4. The van der Waals surface area contributed by atoms with E-state index in [1.54, 1.807) is 0 Å². The van der Waals surface area contributed by atoms with Crippen molar-refractivity contribution in [3.63, 3.8) is 0 Å². The summed E-state index contributed by atoms with van der Waals surface area (Å²) >= 11 is 0. The minimum Gasteiger partial charge on any atom is -0.396 e. The lowest BCUT2D eigenvalue weighted by Crippen LogP contribution is -1.99. The van der Waals surface area contributed by atoms with Crippen LogP contribution in [-0.4, -0.2) is 23.7 Å². The molecule has 3 nitrogen and oxygen atoms in total. The van der Waals surface area contributed by atoms with Crippen LogP contribution in [0.1, 0.15) is 12.8 Å². The number of hydrogen-bond donors (Lipinski definition) is 2. The summed E-state index contributed by atoms with van der Waals surface area (Å²) in [5, 5.41) is 14.7. The highest BCUT2D eigenvalue weighted by atomic mass is 16.3. The Bertz CT molecular complexity index is 90.4. The number of ketones is 1. The number of hydrogen-bond acceptors (Lipinski definition) is 3. The van der Waals surface area contributed by atoms with Crippen molar-refractivity contribution in [2.75, 3.05) is 6.61 Å². The Kier molecular flexibility index (Phi) is 4.07. The molecule has 0 aromatic rings. The molecule has 8 heavy (non-hydrogen) atoms. The Labute approximate surface area is 47.8 Å². The zero-order chi connectivity index (χ0) is 6.41. The van der Waals surface area contributed by atoms with Crippen LogP contribution in [0.4, 0.5) is 0 Å². The quantitative estimate of drug-likeness (QED) is 0.506. The molecule has 0 aromatic carbocycles. The van der Waals surface area contributed by atoms with Crippen LogP contribution in [0, 0.1) is 5.41 Å². The smallest absolute Gasteiger partial charge is 0.140 e. The summed E-state index contributed by atoms with van der Waals surface area (Å²) in [5.41, 5.74) is 0. The lowest BCUT2D eigenvalue weighted by Gasteiger charge is -1.87. The SMILES string of the molecule is N=CCC(=O)CCO. The van der Waals surface area contributed by atoms with Crippen LogP contribution in [0.25, 0.3) is 0 Å². The van der Waals surface area contributed by atoms with Gasteiger partial charge in [-0.25, -0.2) is 0 Å². The molecule has 0 spiro atoms. The average molecular weight is 115 g/mol. The Balaban J connectivity index is 3.18. The van der Waals surface area contributed by atoms with E-state index >= 15 is 0 Å². The molecule has 3 heteroatoms. The number of aliphatic hydroxyl groups is 1. The summed E-state index contributed by atoms with van der Waals surface area (Å²) < 4.78 is 0. The summed E-state index contributed by atoms with van der Waals surface area (Å²) in [6.07, 6.45) is 1.37. The van der Waals surface area contributed by atoms with Crippen molar-refractivity contribution in [3.05, 3.63) is 0 Å². The maximum absolute atomic E-state index is 10.3. The largest absolute Gasteiger partial charge is 0.396 e. The van der Waals surface area contributed by atoms with Crippen LogP contribution in [-0.2, 0) is 4.79 Å². The summed E-state index contributed by atoms with van der Waals surface area (Å²) in [7, 11) is 0. The van der Waals surface area contributed by atoms with Gasteiger partial charge in [0.25, 0.3) is 0 Å². The predicted octanol–water partition coefficient (Wildman–Crippen LogP) is -0.0224. The molecule has 0 amide bonds. The maximum Gasteiger partial charge on any atom is 0.140 e. The first-order valence-corrected chi connectivity index (χ1v) is 2.42. The van der Waals surface area contributed by atoms with Crippen LogP contribution >= 0.6 is 0 Å². The predicted molar refractivity (Wildman–Crippen MR) is 30.1 cm³/mol. The van der Waals surface area contributed by atoms with Gasteiger partial charge in [-0.05, 0) is 0 Å². The van der Waals surface area contributed by atoms with E-state index in [-0.39, 0.29) is 25.2 Å². The molecule has 46 valence electrons. The summed E-state index contributed by atoms with van der Waals surface area (Å²) in [4.78, 5) is 10.3.